The van der Waals surface area contributed by atoms with Crippen LogP contribution in [0.15, 0.2) is 5.16 Å². The van der Waals surface area contributed by atoms with Gasteiger partial charge in [-0.05, 0) is 18.3 Å². The van der Waals surface area contributed by atoms with Crippen molar-refractivity contribution >= 4 is 27.4 Å². The molecule has 0 saturated heterocycles. The minimum atomic E-state index is -0.331. The van der Waals surface area contributed by atoms with E-state index < -0.39 is 0 Å². The number of oxime groups is 1. The molecule has 0 heterocycles. The summed E-state index contributed by atoms with van der Waals surface area (Å²) in [6.07, 6.45) is 1.88. The van der Waals surface area contributed by atoms with Gasteiger partial charge in [0.25, 0.3) is 0 Å². The Morgan fingerprint density at radius 1 is 1.64 bits per heavy atom. The van der Waals surface area contributed by atoms with E-state index >= 15 is 0 Å². The van der Waals surface area contributed by atoms with Gasteiger partial charge in [0.05, 0.1) is 0 Å². The van der Waals surface area contributed by atoms with E-state index in [0.717, 1.165) is 18.2 Å². The number of fused-ring (bicyclic) bond motifs is 2. The molecule has 2 bridgehead atoms. The molecule has 0 aromatic rings. The first-order valence-electron chi connectivity index (χ1n) is 4.84. The third-order valence-corrected chi connectivity index (χ3v) is 5.58. The van der Waals surface area contributed by atoms with E-state index in [0.29, 0.717) is 5.71 Å². The van der Waals surface area contributed by atoms with Crippen LogP contribution >= 0.6 is 15.9 Å². The maximum atomic E-state index is 12.0. The lowest BCUT2D eigenvalue weighted by Crippen LogP contribution is -2.36. The van der Waals surface area contributed by atoms with Gasteiger partial charge in [-0.2, -0.15) is 0 Å². The highest BCUT2D eigenvalue weighted by atomic mass is 79.9. The number of ketones is 1. The Morgan fingerprint density at radius 3 is 2.64 bits per heavy atom. The second-order valence-corrected chi connectivity index (χ2v) is 5.35. The molecule has 1 N–H and O–H groups in total. The Hall–Kier alpha value is -0.380. The first-order valence-corrected chi connectivity index (χ1v) is 5.96. The normalized spacial score (nSPS) is 49.2. The highest BCUT2D eigenvalue weighted by molar-refractivity contribution is 9.09. The second-order valence-electron chi connectivity index (χ2n) is 4.79. The second kappa shape index (κ2) is 2.81. The molecule has 3 nitrogen and oxygen atoms in total. The van der Waals surface area contributed by atoms with Crippen LogP contribution in [0.3, 0.4) is 0 Å². The minimum Gasteiger partial charge on any atom is -0.411 e. The number of Topliss-reactive ketones (excluding diaryl/α,β-unsaturated/α-hetero) is 1. The average Bonchev–Trinajstić information content (AvgIpc) is 2.52. The van der Waals surface area contributed by atoms with Gasteiger partial charge in [-0.3, -0.25) is 4.79 Å². The largest absolute Gasteiger partial charge is 0.411 e. The number of halogens is 1. The SMILES string of the molecule is C[C@]1(CBr)[C@H]2CC[C@]1(C)C(=O)/C2=N/O. The van der Waals surface area contributed by atoms with Crippen LogP contribution in [0.4, 0.5) is 0 Å². The van der Waals surface area contributed by atoms with Crippen molar-refractivity contribution in [1.29, 1.82) is 0 Å². The van der Waals surface area contributed by atoms with Gasteiger partial charge in [-0.25, -0.2) is 0 Å². The van der Waals surface area contributed by atoms with Crippen LogP contribution in [0.5, 0.6) is 0 Å². The molecule has 2 saturated carbocycles. The predicted octanol–water partition coefficient (Wildman–Crippen LogP) is 2.22. The maximum Gasteiger partial charge on any atom is 0.187 e. The molecule has 2 fully saturated rings. The maximum absolute atomic E-state index is 12.0. The highest BCUT2D eigenvalue weighted by Crippen LogP contribution is 2.63. The van der Waals surface area contributed by atoms with Crippen LogP contribution in [0.2, 0.25) is 0 Å². The number of nitrogens with zero attached hydrogens (tertiary/aromatic N) is 1. The molecule has 0 aromatic carbocycles. The topological polar surface area (TPSA) is 49.7 Å². The van der Waals surface area contributed by atoms with Crippen LogP contribution < -0.4 is 0 Å². The quantitative estimate of drug-likeness (QED) is 0.446. The van der Waals surface area contributed by atoms with Crippen molar-refractivity contribution in [3.63, 3.8) is 0 Å². The van der Waals surface area contributed by atoms with Crippen molar-refractivity contribution in [2.75, 3.05) is 5.33 Å². The van der Waals surface area contributed by atoms with Gasteiger partial charge in [-0.1, -0.05) is 34.9 Å². The van der Waals surface area contributed by atoms with Crippen LogP contribution in [0, 0.1) is 16.7 Å². The summed E-state index contributed by atoms with van der Waals surface area (Å²) in [6.45, 7) is 4.10. The number of carbonyl (C=O) groups excluding carboxylic acids is 1. The minimum absolute atomic E-state index is 0.0400. The van der Waals surface area contributed by atoms with Gasteiger partial charge in [0.2, 0.25) is 0 Å². The molecule has 78 valence electrons. The van der Waals surface area contributed by atoms with E-state index in [9.17, 15) is 4.79 Å². The fourth-order valence-corrected chi connectivity index (χ4v) is 4.04. The molecule has 14 heavy (non-hydrogen) atoms. The zero-order valence-corrected chi connectivity index (χ0v) is 9.97. The smallest absolute Gasteiger partial charge is 0.187 e. The molecule has 3 atom stereocenters. The lowest BCUT2D eigenvalue weighted by molar-refractivity contribution is -0.123. The molecule has 0 radical (unpaired) electrons. The molecule has 2 rings (SSSR count). The summed E-state index contributed by atoms with van der Waals surface area (Å²) in [6, 6.07) is 0. The Labute approximate surface area is 91.7 Å². The van der Waals surface area contributed by atoms with Gasteiger partial charge in [-0.15, -0.1) is 0 Å². The summed E-state index contributed by atoms with van der Waals surface area (Å²) < 4.78 is 0. The summed E-state index contributed by atoms with van der Waals surface area (Å²) in [7, 11) is 0. The molecule has 4 heteroatoms. The standard InChI is InChI=1S/C10H14BrNO2/c1-9-4-3-6(10(9,2)5-11)7(12-14)8(9)13/h6,14H,3-5H2,1-2H3/b12-7+/t6-,9+,10-/m0/s1. The third-order valence-electron chi connectivity index (χ3n) is 4.41. The molecule has 0 amide bonds. The van der Waals surface area contributed by atoms with Crippen molar-refractivity contribution in [2.45, 2.75) is 26.7 Å². The number of carbonyl (C=O) groups is 1. The van der Waals surface area contributed by atoms with Crippen molar-refractivity contribution in [2.24, 2.45) is 21.9 Å². The highest BCUT2D eigenvalue weighted by Gasteiger charge is 2.67. The Kier molecular flexibility index (Phi) is 2.04. The summed E-state index contributed by atoms with van der Waals surface area (Å²) in [4.78, 5) is 12.0. The van der Waals surface area contributed by atoms with Crippen LogP contribution in [-0.4, -0.2) is 22.0 Å². The summed E-state index contributed by atoms with van der Waals surface area (Å²) in [5, 5.41) is 12.8. The van der Waals surface area contributed by atoms with Gasteiger partial charge in [0, 0.05) is 16.7 Å². The van der Waals surface area contributed by atoms with E-state index in [1.165, 1.54) is 0 Å². The fraction of sp³-hybridized carbons (Fsp3) is 0.800. The summed E-state index contributed by atoms with van der Waals surface area (Å²) in [5.74, 6) is 0.169. The van der Waals surface area contributed by atoms with E-state index in [4.69, 9.17) is 5.21 Å². The molecule has 2 aliphatic rings. The zero-order valence-electron chi connectivity index (χ0n) is 8.38. The van der Waals surface area contributed by atoms with E-state index in [2.05, 4.69) is 28.0 Å². The predicted molar refractivity (Wildman–Crippen MR) is 57.0 cm³/mol. The Balaban J connectivity index is 2.56. The monoisotopic (exact) mass is 259 g/mol. The van der Waals surface area contributed by atoms with Gasteiger partial charge < -0.3 is 5.21 Å². The molecule has 0 unspecified atom stereocenters. The zero-order chi connectivity index (χ0) is 10.6. The number of hydrogen-bond donors (Lipinski definition) is 1. The molecular formula is C10H14BrNO2. The van der Waals surface area contributed by atoms with Crippen molar-refractivity contribution < 1.29 is 10.0 Å². The fourth-order valence-electron chi connectivity index (χ4n) is 3.03. The molecular weight excluding hydrogens is 246 g/mol. The van der Waals surface area contributed by atoms with Crippen LogP contribution in [0.25, 0.3) is 0 Å². The van der Waals surface area contributed by atoms with Crippen LogP contribution in [-0.2, 0) is 4.79 Å². The first-order chi connectivity index (χ1) is 6.51. The van der Waals surface area contributed by atoms with E-state index in [-0.39, 0.29) is 22.5 Å². The van der Waals surface area contributed by atoms with Gasteiger partial charge in [0.1, 0.15) is 5.71 Å². The molecule has 0 aliphatic heterocycles. The van der Waals surface area contributed by atoms with Crippen LogP contribution in [0.1, 0.15) is 26.7 Å². The summed E-state index contributed by atoms with van der Waals surface area (Å²) in [5.41, 5.74) is -0.0188. The van der Waals surface area contributed by atoms with Crippen molar-refractivity contribution in [3.8, 4) is 0 Å². The lowest BCUT2D eigenvalue weighted by Gasteiger charge is -2.33. The van der Waals surface area contributed by atoms with Crippen molar-refractivity contribution in [3.05, 3.63) is 0 Å². The van der Waals surface area contributed by atoms with Crippen molar-refractivity contribution in [1.82, 2.24) is 0 Å². The Morgan fingerprint density at radius 2 is 2.29 bits per heavy atom. The molecule has 0 spiro atoms. The van der Waals surface area contributed by atoms with Gasteiger partial charge >= 0.3 is 0 Å². The number of rotatable bonds is 1. The van der Waals surface area contributed by atoms with Gasteiger partial charge in [0.15, 0.2) is 5.78 Å². The summed E-state index contributed by atoms with van der Waals surface area (Å²) >= 11 is 3.48. The lowest BCUT2D eigenvalue weighted by atomic mass is 9.70. The molecule has 0 aromatic heterocycles. The molecule has 2 aliphatic carbocycles. The van der Waals surface area contributed by atoms with E-state index in [1.54, 1.807) is 0 Å². The first kappa shape index (κ1) is 10.1. The number of hydrogen-bond acceptors (Lipinski definition) is 3. The Bertz CT molecular complexity index is 328. The number of alkyl halides is 1. The van der Waals surface area contributed by atoms with E-state index in [1.807, 2.05) is 6.92 Å². The third kappa shape index (κ3) is 0.835. The average molecular weight is 260 g/mol.